The Morgan fingerprint density at radius 1 is 1.05 bits per heavy atom. The Balaban J connectivity index is 2.46. The van der Waals surface area contributed by atoms with Crippen LogP contribution < -0.4 is 11.3 Å². The lowest BCUT2D eigenvalue weighted by molar-refractivity contribution is 0.588. The van der Waals surface area contributed by atoms with E-state index in [1.807, 2.05) is 16.7 Å². The van der Waals surface area contributed by atoms with Crippen molar-refractivity contribution < 1.29 is 0 Å². The van der Waals surface area contributed by atoms with E-state index in [4.69, 9.17) is 5.73 Å². The second-order valence-electron chi connectivity index (χ2n) is 5.48. The molecule has 0 atom stereocenters. The summed E-state index contributed by atoms with van der Waals surface area (Å²) in [4.78, 5) is 12.5. The van der Waals surface area contributed by atoms with E-state index in [2.05, 4.69) is 38.1 Å². The van der Waals surface area contributed by atoms with Crippen molar-refractivity contribution in [1.82, 2.24) is 4.57 Å². The Hall–Kier alpha value is -1.87. The molecule has 2 aromatic rings. The van der Waals surface area contributed by atoms with E-state index in [9.17, 15) is 4.79 Å². The fourth-order valence-corrected chi connectivity index (χ4v) is 2.50. The van der Waals surface area contributed by atoms with Gasteiger partial charge in [-0.15, -0.1) is 0 Å². The van der Waals surface area contributed by atoms with Gasteiger partial charge in [0.1, 0.15) is 0 Å². The first-order chi connectivity index (χ1) is 10.2. The molecule has 0 fully saturated rings. The van der Waals surface area contributed by atoms with E-state index in [1.54, 1.807) is 0 Å². The first-order valence-corrected chi connectivity index (χ1v) is 7.67. The number of hydrogen-bond donors (Lipinski definition) is 1. The van der Waals surface area contributed by atoms with Crippen molar-refractivity contribution in [3.8, 4) is 11.3 Å². The van der Waals surface area contributed by atoms with Crippen molar-refractivity contribution in [2.24, 2.45) is 5.73 Å². The molecule has 2 rings (SSSR count). The van der Waals surface area contributed by atoms with Crippen molar-refractivity contribution in [1.29, 1.82) is 0 Å². The number of hydrogen-bond acceptors (Lipinski definition) is 2. The van der Waals surface area contributed by atoms with Crippen molar-refractivity contribution >= 4 is 0 Å². The quantitative estimate of drug-likeness (QED) is 0.826. The average Bonchev–Trinajstić information content (AvgIpc) is 2.50. The van der Waals surface area contributed by atoms with Gasteiger partial charge in [-0.1, -0.05) is 55.7 Å². The number of unbranched alkanes of at least 4 members (excludes halogenated alkanes) is 2. The van der Waals surface area contributed by atoms with Gasteiger partial charge in [0.25, 0.3) is 5.56 Å². The molecule has 0 bridgehead atoms. The van der Waals surface area contributed by atoms with Crippen molar-refractivity contribution in [2.75, 3.05) is 0 Å². The summed E-state index contributed by atoms with van der Waals surface area (Å²) in [5, 5.41) is 0. The molecule has 3 nitrogen and oxygen atoms in total. The summed E-state index contributed by atoms with van der Waals surface area (Å²) in [5.41, 5.74) is 9.68. The second-order valence-corrected chi connectivity index (χ2v) is 5.48. The summed E-state index contributed by atoms with van der Waals surface area (Å²) in [6, 6.07) is 12.2. The number of pyridine rings is 1. The van der Waals surface area contributed by atoms with E-state index in [-0.39, 0.29) is 5.56 Å². The van der Waals surface area contributed by atoms with Crippen LogP contribution in [0.5, 0.6) is 0 Å². The molecule has 3 heteroatoms. The highest BCUT2D eigenvalue weighted by atomic mass is 16.1. The van der Waals surface area contributed by atoms with Crippen molar-refractivity contribution in [3.63, 3.8) is 0 Å². The highest BCUT2D eigenvalue weighted by molar-refractivity contribution is 5.60. The summed E-state index contributed by atoms with van der Waals surface area (Å²) < 4.78 is 1.88. The largest absolute Gasteiger partial charge is 0.326 e. The predicted octanol–water partition coefficient (Wildman–Crippen LogP) is 3.47. The molecule has 21 heavy (non-hydrogen) atoms. The van der Waals surface area contributed by atoms with Crippen LogP contribution in [0.4, 0.5) is 0 Å². The maximum atomic E-state index is 12.5. The number of rotatable bonds is 6. The molecule has 0 spiro atoms. The number of nitrogens with zero attached hydrogens (tertiary/aromatic N) is 1. The number of nitrogens with two attached hydrogens (primary N) is 1. The molecule has 0 aliphatic rings. The van der Waals surface area contributed by atoms with E-state index < -0.39 is 0 Å². The third-order valence-corrected chi connectivity index (χ3v) is 3.81. The van der Waals surface area contributed by atoms with Gasteiger partial charge in [-0.2, -0.15) is 0 Å². The van der Waals surface area contributed by atoms with Crippen LogP contribution in [0.3, 0.4) is 0 Å². The van der Waals surface area contributed by atoms with Crippen LogP contribution in [-0.2, 0) is 13.1 Å². The third-order valence-electron chi connectivity index (χ3n) is 3.81. The van der Waals surface area contributed by atoms with Gasteiger partial charge in [-0.25, -0.2) is 0 Å². The standard InChI is InChI=1S/C18H24N2O/c1-3-4-5-12-20-17(11-10-16(13-19)18(20)21)15-8-6-14(2)7-9-15/h6-11H,3-5,12-13,19H2,1-2H3. The van der Waals surface area contributed by atoms with Crippen LogP contribution in [0.1, 0.15) is 37.3 Å². The average molecular weight is 284 g/mol. The summed E-state index contributed by atoms with van der Waals surface area (Å²) in [7, 11) is 0. The molecule has 0 radical (unpaired) electrons. The molecular formula is C18H24N2O. The zero-order valence-electron chi connectivity index (χ0n) is 12.9. The predicted molar refractivity (Wildman–Crippen MR) is 88.3 cm³/mol. The van der Waals surface area contributed by atoms with Gasteiger partial charge in [-0.3, -0.25) is 4.79 Å². The first-order valence-electron chi connectivity index (χ1n) is 7.67. The van der Waals surface area contributed by atoms with Gasteiger partial charge < -0.3 is 10.3 Å². The smallest absolute Gasteiger partial charge is 0.255 e. The highest BCUT2D eigenvalue weighted by Gasteiger charge is 2.09. The van der Waals surface area contributed by atoms with Gasteiger partial charge in [0.05, 0.1) is 5.69 Å². The minimum absolute atomic E-state index is 0.0479. The van der Waals surface area contributed by atoms with Gasteiger partial charge in [-0.05, 0) is 25.0 Å². The Morgan fingerprint density at radius 2 is 1.76 bits per heavy atom. The molecule has 0 aliphatic carbocycles. The van der Waals surface area contributed by atoms with E-state index >= 15 is 0 Å². The summed E-state index contributed by atoms with van der Waals surface area (Å²) in [5.74, 6) is 0. The van der Waals surface area contributed by atoms with Gasteiger partial charge in [0.15, 0.2) is 0 Å². The fourth-order valence-electron chi connectivity index (χ4n) is 2.50. The highest BCUT2D eigenvalue weighted by Crippen LogP contribution is 2.19. The van der Waals surface area contributed by atoms with E-state index in [0.717, 1.165) is 37.1 Å². The molecule has 1 heterocycles. The Labute approximate surface area is 126 Å². The molecule has 2 N–H and O–H groups in total. The molecule has 0 saturated heterocycles. The normalized spacial score (nSPS) is 10.8. The molecule has 0 amide bonds. The summed E-state index contributed by atoms with van der Waals surface area (Å²) in [6.07, 6.45) is 3.29. The SMILES string of the molecule is CCCCCn1c(-c2ccc(C)cc2)ccc(CN)c1=O. The lowest BCUT2D eigenvalue weighted by Crippen LogP contribution is -2.26. The van der Waals surface area contributed by atoms with E-state index in [0.29, 0.717) is 12.1 Å². The zero-order chi connectivity index (χ0) is 15.2. The lowest BCUT2D eigenvalue weighted by Gasteiger charge is -2.14. The van der Waals surface area contributed by atoms with Crippen molar-refractivity contribution in [2.45, 2.75) is 46.2 Å². The summed E-state index contributed by atoms with van der Waals surface area (Å²) in [6.45, 7) is 5.28. The maximum Gasteiger partial charge on any atom is 0.255 e. The van der Waals surface area contributed by atoms with Crippen LogP contribution in [0.2, 0.25) is 0 Å². The minimum Gasteiger partial charge on any atom is -0.326 e. The molecule has 1 aromatic heterocycles. The number of aromatic nitrogens is 1. The molecule has 0 unspecified atom stereocenters. The monoisotopic (exact) mass is 284 g/mol. The van der Waals surface area contributed by atoms with Gasteiger partial charge in [0, 0.05) is 18.7 Å². The van der Waals surface area contributed by atoms with Crippen LogP contribution in [0.15, 0.2) is 41.2 Å². The second kappa shape index (κ2) is 7.23. The van der Waals surface area contributed by atoms with Crippen LogP contribution in [0.25, 0.3) is 11.3 Å². The zero-order valence-corrected chi connectivity index (χ0v) is 12.9. The van der Waals surface area contributed by atoms with Gasteiger partial charge in [0.2, 0.25) is 0 Å². The first kappa shape index (κ1) is 15.5. The Kier molecular flexibility index (Phi) is 5.34. The molecule has 0 saturated carbocycles. The topological polar surface area (TPSA) is 48.0 Å². The molecule has 112 valence electrons. The lowest BCUT2D eigenvalue weighted by atomic mass is 10.1. The molecule has 1 aromatic carbocycles. The minimum atomic E-state index is 0.0479. The number of benzene rings is 1. The maximum absolute atomic E-state index is 12.5. The van der Waals surface area contributed by atoms with Crippen LogP contribution in [-0.4, -0.2) is 4.57 Å². The van der Waals surface area contributed by atoms with E-state index in [1.165, 1.54) is 5.56 Å². The Bertz CT molecular complexity index is 641. The van der Waals surface area contributed by atoms with Gasteiger partial charge >= 0.3 is 0 Å². The molecular weight excluding hydrogens is 260 g/mol. The van der Waals surface area contributed by atoms with Crippen molar-refractivity contribution in [3.05, 3.63) is 57.9 Å². The van der Waals surface area contributed by atoms with Crippen LogP contribution >= 0.6 is 0 Å². The third kappa shape index (κ3) is 3.61. The van der Waals surface area contributed by atoms with Crippen LogP contribution in [0, 0.1) is 6.92 Å². The molecule has 0 aliphatic heterocycles. The summed E-state index contributed by atoms with van der Waals surface area (Å²) >= 11 is 0. The fraction of sp³-hybridized carbons (Fsp3) is 0.389. The Morgan fingerprint density at radius 3 is 2.38 bits per heavy atom. The number of aryl methyl sites for hydroxylation is 1.